The molecule has 0 aliphatic carbocycles. The number of alkyl halides is 3. The van der Waals surface area contributed by atoms with E-state index in [9.17, 15) is 13.2 Å². The Hall–Kier alpha value is -1.35. The van der Waals surface area contributed by atoms with Crippen LogP contribution >= 0.6 is 0 Å². The van der Waals surface area contributed by atoms with Gasteiger partial charge in [0.2, 0.25) is 0 Å². The van der Waals surface area contributed by atoms with Crippen LogP contribution in [0, 0.1) is 11.8 Å². The fraction of sp³-hybridized carbons (Fsp3) is 0.750. The molecule has 1 aromatic rings. The van der Waals surface area contributed by atoms with Crippen LogP contribution in [-0.2, 0) is 18.9 Å². The fourth-order valence-electron chi connectivity index (χ4n) is 3.94. The second-order valence-electron chi connectivity index (χ2n) is 8.73. The monoisotopic (exact) mass is 460 g/mol. The average Bonchev–Trinajstić information content (AvgIpc) is 2.80. The summed E-state index contributed by atoms with van der Waals surface area (Å²) < 4.78 is 64.8. The van der Waals surface area contributed by atoms with Crippen LogP contribution in [0.3, 0.4) is 0 Å². The predicted octanol–water partition coefficient (Wildman–Crippen LogP) is 6.03. The fourth-order valence-corrected chi connectivity index (χ4v) is 3.94. The summed E-state index contributed by atoms with van der Waals surface area (Å²) in [6, 6.07) is 6.35. The molecule has 0 amide bonds. The van der Waals surface area contributed by atoms with E-state index in [1.807, 2.05) is 0 Å². The third kappa shape index (κ3) is 8.89. The Labute approximate surface area is 188 Å². The molecule has 0 unspecified atom stereocenters. The molecule has 0 spiro atoms. The maximum atomic E-state index is 12.2. The molecule has 3 rings (SSSR count). The summed E-state index contributed by atoms with van der Waals surface area (Å²) in [6.07, 6.45) is 2.76. The molecule has 2 heterocycles. The van der Waals surface area contributed by atoms with Crippen LogP contribution < -0.4 is 4.74 Å². The zero-order valence-corrected chi connectivity index (χ0v) is 18.8. The summed E-state index contributed by atoms with van der Waals surface area (Å²) in [5.41, 5.74) is 0.770. The highest BCUT2D eigenvalue weighted by atomic mass is 19.4. The SMILES string of the molecule is CCCCC1COC(CCCCC2COC(c3ccc(OCC(F)(F)F)cc3)OC2)OC1. The minimum absolute atomic E-state index is 0.0702. The number of rotatable bonds is 11. The third-order valence-electron chi connectivity index (χ3n) is 5.83. The van der Waals surface area contributed by atoms with Crippen molar-refractivity contribution in [2.75, 3.05) is 33.0 Å². The van der Waals surface area contributed by atoms with E-state index in [0.29, 0.717) is 25.0 Å². The molecule has 0 N–H and O–H groups in total. The van der Waals surface area contributed by atoms with Gasteiger partial charge in [-0.25, -0.2) is 0 Å². The molecular formula is C24H35F3O5. The van der Waals surface area contributed by atoms with E-state index in [0.717, 1.165) is 44.5 Å². The minimum Gasteiger partial charge on any atom is -0.484 e. The van der Waals surface area contributed by atoms with Gasteiger partial charge in [0.05, 0.1) is 26.4 Å². The van der Waals surface area contributed by atoms with Crippen molar-refractivity contribution in [2.24, 2.45) is 11.8 Å². The molecule has 0 atom stereocenters. The van der Waals surface area contributed by atoms with Crippen molar-refractivity contribution in [3.05, 3.63) is 29.8 Å². The Bertz CT molecular complexity index is 636. The third-order valence-corrected chi connectivity index (χ3v) is 5.83. The van der Waals surface area contributed by atoms with Crippen molar-refractivity contribution in [2.45, 2.75) is 70.6 Å². The van der Waals surface area contributed by atoms with Crippen molar-refractivity contribution in [3.8, 4) is 5.75 Å². The van der Waals surface area contributed by atoms with Gasteiger partial charge in [0.1, 0.15) is 5.75 Å². The Morgan fingerprint density at radius 1 is 0.812 bits per heavy atom. The van der Waals surface area contributed by atoms with Crippen LogP contribution in [0.1, 0.15) is 63.7 Å². The van der Waals surface area contributed by atoms with Crippen LogP contribution in [-0.4, -0.2) is 45.5 Å². The van der Waals surface area contributed by atoms with E-state index in [4.69, 9.17) is 23.7 Å². The molecule has 8 heteroatoms. The summed E-state index contributed by atoms with van der Waals surface area (Å²) in [5, 5.41) is 0. The topological polar surface area (TPSA) is 46.2 Å². The van der Waals surface area contributed by atoms with Crippen molar-refractivity contribution >= 4 is 0 Å². The van der Waals surface area contributed by atoms with E-state index >= 15 is 0 Å². The normalized spacial score (nSPS) is 26.8. The molecule has 2 fully saturated rings. The predicted molar refractivity (Wildman–Crippen MR) is 113 cm³/mol. The summed E-state index contributed by atoms with van der Waals surface area (Å²) in [4.78, 5) is 0. The summed E-state index contributed by atoms with van der Waals surface area (Å²) in [6.45, 7) is 3.73. The van der Waals surface area contributed by atoms with E-state index in [-0.39, 0.29) is 12.0 Å². The average molecular weight is 461 g/mol. The van der Waals surface area contributed by atoms with Gasteiger partial charge < -0.3 is 23.7 Å². The number of hydrogen-bond donors (Lipinski definition) is 0. The lowest BCUT2D eigenvalue weighted by molar-refractivity contribution is -0.208. The first kappa shape index (κ1) is 25.3. The van der Waals surface area contributed by atoms with Gasteiger partial charge in [-0.3, -0.25) is 0 Å². The molecule has 0 bridgehead atoms. The zero-order valence-electron chi connectivity index (χ0n) is 18.8. The van der Waals surface area contributed by atoms with Gasteiger partial charge in [-0.2, -0.15) is 13.2 Å². The van der Waals surface area contributed by atoms with Crippen molar-refractivity contribution in [1.29, 1.82) is 0 Å². The molecule has 32 heavy (non-hydrogen) atoms. The summed E-state index contributed by atoms with van der Waals surface area (Å²) >= 11 is 0. The highest BCUT2D eigenvalue weighted by Crippen LogP contribution is 2.29. The highest BCUT2D eigenvalue weighted by Gasteiger charge is 2.29. The Morgan fingerprint density at radius 2 is 1.38 bits per heavy atom. The number of hydrogen-bond acceptors (Lipinski definition) is 5. The van der Waals surface area contributed by atoms with Crippen LogP contribution in [0.15, 0.2) is 24.3 Å². The lowest BCUT2D eigenvalue weighted by atomic mass is 10.0. The van der Waals surface area contributed by atoms with Crippen molar-refractivity contribution < 1.29 is 36.9 Å². The maximum absolute atomic E-state index is 12.2. The first-order valence-electron chi connectivity index (χ1n) is 11.7. The standard InChI is InChI=1S/C24H35F3O5/c1-2-3-6-18-13-28-22(29-14-18)8-5-4-7-19-15-30-23(31-16-19)20-9-11-21(12-10-20)32-17-24(25,26)27/h9-12,18-19,22-23H,2-8,13-17H2,1H3. The van der Waals surface area contributed by atoms with Gasteiger partial charge in [-0.1, -0.05) is 38.3 Å². The molecule has 182 valence electrons. The van der Waals surface area contributed by atoms with Gasteiger partial charge in [0.25, 0.3) is 0 Å². The number of benzene rings is 1. The molecule has 0 saturated carbocycles. The van der Waals surface area contributed by atoms with Crippen molar-refractivity contribution in [1.82, 2.24) is 0 Å². The number of halogens is 3. The largest absolute Gasteiger partial charge is 0.484 e. The van der Waals surface area contributed by atoms with Crippen molar-refractivity contribution in [3.63, 3.8) is 0 Å². The lowest BCUT2D eigenvalue weighted by Crippen LogP contribution is -2.32. The number of unbranched alkanes of at least 4 members (excludes halogenated alkanes) is 2. The molecule has 0 radical (unpaired) electrons. The molecule has 5 nitrogen and oxygen atoms in total. The Balaban J connectivity index is 1.26. The Morgan fingerprint density at radius 3 is 1.97 bits per heavy atom. The maximum Gasteiger partial charge on any atom is 0.422 e. The van der Waals surface area contributed by atoms with E-state index in [1.165, 1.54) is 31.4 Å². The van der Waals surface area contributed by atoms with Gasteiger partial charge >= 0.3 is 6.18 Å². The first-order valence-corrected chi connectivity index (χ1v) is 11.7. The van der Waals surface area contributed by atoms with Crippen LogP contribution in [0.4, 0.5) is 13.2 Å². The minimum atomic E-state index is -4.35. The molecule has 2 aliphatic heterocycles. The molecule has 0 aromatic heterocycles. The first-order chi connectivity index (χ1) is 15.4. The lowest BCUT2D eigenvalue weighted by Gasteiger charge is -2.30. The number of ether oxygens (including phenoxy) is 5. The summed E-state index contributed by atoms with van der Waals surface area (Å²) in [5.74, 6) is 1.05. The van der Waals surface area contributed by atoms with Gasteiger partial charge in [0.15, 0.2) is 19.2 Å². The molecule has 1 aromatic carbocycles. The van der Waals surface area contributed by atoms with Gasteiger partial charge in [0, 0.05) is 17.4 Å². The van der Waals surface area contributed by atoms with Crippen LogP contribution in [0.2, 0.25) is 0 Å². The Kier molecular flexibility index (Phi) is 10.1. The van der Waals surface area contributed by atoms with Gasteiger partial charge in [-0.05, 0) is 37.8 Å². The molecular weight excluding hydrogens is 425 g/mol. The second kappa shape index (κ2) is 12.8. The quantitative estimate of drug-likeness (QED) is 0.378. The zero-order chi connectivity index (χ0) is 22.8. The van der Waals surface area contributed by atoms with Gasteiger partial charge in [-0.15, -0.1) is 0 Å². The highest BCUT2D eigenvalue weighted by molar-refractivity contribution is 5.28. The molecule has 2 aliphatic rings. The van der Waals surface area contributed by atoms with E-state index in [1.54, 1.807) is 12.1 Å². The smallest absolute Gasteiger partial charge is 0.422 e. The summed E-state index contributed by atoms with van der Waals surface area (Å²) in [7, 11) is 0. The second-order valence-corrected chi connectivity index (χ2v) is 8.73. The molecule has 2 saturated heterocycles. The van der Waals surface area contributed by atoms with E-state index < -0.39 is 19.1 Å². The van der Waals surface area contributed by atoms with Crippen LogP contribution in [0.5, 0.6) is 5.75 Å². The van der Waals surface area contributed by atoms with E-state index in [2.05, 4.69) is 6.92 Å². The van der Waals surface area contributed by atoms with Crippen LogP contribution in [0.25, 0.3) is 0 Å².